The first kappa shape index (κ1) is 7.32. The molecule has 1 rings (SSSR count). The molecule has 1 aliphatic heterocycles. The lowest BCUT2D eigenvalue weighted by Gasteiger charge is -2.02. The lowest BCUT2D eigenvalue weighted by atomic mass is 10.0. The number of carbonyl (C=O) groups excluding carboxylic acids is 1. The molecule has 0 atom stereocenters. The Labute approximate surface area is 60.9 Å². The number of hydrogen-bond donors (Lipinski definition) is 0. The first-order valence-corrected chi connectivity index (χ1v) is 3.49. The number of ether oxygens (including phenoxy) is 1. The van der Waals surface area contributed by atoms with Crippen molar-refractivity contribution >= 4 is 5.97 Å². The van der Waals surface area contributed by atoms with Crippen LogP contribution in [-0.4, -0.2) is 12.6 Å². The molecule has 1 aliphatic rings. The maximum atomic E-state index is 10.8. The Kier molecular flexibility index (Phi) is 1.79. The summed E-state index contributed by atoms with van der Waals surface area (Å²) in [7, 11) is 0. The van der Waals surface area contributed by atoms with Gasteiger partial charge in [-0.15, -0.1) is 0 Å². The van der Waals surface area contributed by atoms with Crippen molar-refractivity contribution in [2.75, 3.05) is 6.61 Å². The predicted octanol–water partition coefficient (Wildman–Crippen LogP) is 1.52. The van der Waals surface area contributed by atoms with Crippen molar-refractivity contribution < 1.29 is 9.53 Å². The van der Waals surface area contributed by atoms with Crippen LogP contribution in [0.15, 0.2) is 11.1 Å². The van der Waals surface area contributed by atoms with Crippen molar-refractivity contribution in [3.8, 4) is 0 Å². The minimum absolute atomic E-state index is 0.149. The van der Waals surface area contributed by atoms with Crippen LogP contribution in [0.1, 0.15) is 20.8 Å². The molecule has 2 heteroatoms. The van der Waals surface area contributed by atoms with E-state index in [1.807, 2.05) is 6.92 Å². The topological polar surface area (TPSA) is 26.3 Å². The van der Waals surface area contributed by atoms with E-state index in [2.05, 4.69) is 13.8 Å². The Morgan fingerprint density at radius 3 is 2.30 bits per heavy atom. The highest BCUT2D eigenvalue weighted by Crippen LogP contribution is 2.21. The maximum absolute atomic E-state index is 10.8. The minimum Gasteiger partial charge on any atom is -0.458 e. The van der Waals surface area contributed by atoms with Gasteiger partial charge in [0.1, 0.15) is 6.61 Å². The monoisotopic (exact) mass is 140 g/mol. The van der Waals surface area contributed by atoms with E-state index in [4.69, 9.17) is 4.74 Å². The van der Waals surface area contributed by atoms with Gasteiger partial charge < -0.3 is 4.74 Å². The number of rotatable bonds is 1. The van der Waals surface area contributed by atoms with E-state index in [0.717, 1.165) is 11.1 Å². The predicted molar refractivity (Wildman–Crippen MR) is 38.5 cm³/mol. The van der Waals surface area contributed by atoms with Gasteiger partial charge in [-0.3, -0.25) is 0 Å². The zero-order chi connectivity index (χ0) is 7.72. The van der Waals surface area contributed by atoms with Crippen molar-refractivity contribution in [1.82, 2.24) is 0 Å². The average molecular weight is 140 g/mol. The van der Waals surface area contributed by atoms with Crippen molar-refractivity contribution in [3.05, 3.63) is 11.1 Å². The Bertz CT molecular complexity index is 189. The van der Waals surface area contributed by atoms with Gasteiger partial charge in [0.25, 0.3) is 0 Å². The number of carbonyl (C=O) groups is 1. The van der Waals surface area contributed by atoms with E-state index in [1.165, 1.54) is 0 Å². The quantitative estimate of drug-likeness (QED) is 0.516. The Balaban J connectivity index is 2.85. The first-order chi connectivity index (χ1) is 4.63. The van der Waals surface area contributed by atoms with Crippen molar-refractivity contribution in [3.63, 3.8) is 0 Å². The summed E-state index contributed by atoms with van der Waals surface area (Å²) in [5, 5.41) is 0. The number of hydrogen-bond acceptors (Lipinski definition) is 2. The molecule has 0 amide bonds. The zero-order valence-corrected chi connectivity index (χ0v) is 6.60. The summed E-state index contributed by atoms with van der Waals surface area (Å²) in [6.45, 7) is 6.47. The fourth-order valence-corrected chi connectivity index (χ4v) is 1.09. The van der Waals surface area contributed by atoms with E-state index < -0.39 is 0 Å². The highest BCUT2D eigenvalue weighted by molar-refractivity contribution is 5.91. The van der Waals surface area contributed by atoms with Gasteiger partial charge in [-0.1, -0.05) is 13.8 Å². The molecule has 0 saturated heterocycles. The highest BCUT2D eigenvalue weighted by Gasteiger charge is 2.21. The van der Waals surface area contributed by atoms with Gasteiger partial charge >= 0.3 is 5.97 Å². The van der Waals surface area contributed by atoms with E-state index in [9.17, 15) is 4.79 Å². The van der Waals surface area contributed by atoms with Crippen molar-refractivity contribution in [2.24, 2.45) is 5.92 Å². The molecule has 0 spiro atoms. The molecule has 0 saturated carbocycles. The summed E-state index contributed by atoms with van der Waals surface area (Å²) in [5.41, 5.74) is 1.94. The number of esters is 1. The van der Waals surface area contributed by atoms with Crippen LogP contribution in [0.3, 0.4) is 0 Å². The first-order valence-electron chi connectivity index (χ1n) is 3.49. The Morgan fingerprint density at radius 2 is 2.10 bits per heavy atom. The zero-order valence-electron chi connectivity index (χ0n) is 6.60. The van der Waals surface area contributed by atoms with Crippen molar-refractivity contribution in [2.45, 2.75) is 20.8 Å². The smallest absolute Gasteiger partial charge is 0.334 e. The summed E-state index contributed by atoms with van der Waals surface area (Å²) in [6, 6.07) is 0. The van der Waals surface area contributed by atoms with Crippen LogP contribution in [0.2, 0.25) is 0 Å². The lowest BCUT2D eigenvalue weighted by Crippen LogP contribution is -1.96. The van der Waals surface area contributed by atoms with Crippen LogP contribution >= 0.6 is 0 Å². The Hall–Kier alpha value is -0.790. The summed E-state index contributed by atoms with van der Waals surface area (Å²) in [6.07, 6.45) is 0. The van der Waals surface area contributed by atoms with Crippen LogP contribution in [0.25, 0.3) is 0 Å². The lowest BCUT2D eigenvalue weighted by molar-refractivity contribution is -0.135. The Morgan fingerprint density at radius 1 is 1.50 bits per heavy atom. The van der Waals surface area contributed by atoms with E-state index >= 15 is 0 Å². The van der Waals surface area contributed by atoms with Gasteiger partial charge in [-0.05, 0) is 18.4 Å². The van der Waals surface area contributed by atoms with Crippen LogP contribution < -0.4 is 0 Å². The molecule has 0 unspecified atom stereocenters. The second-order valence-electron chi connectivity index (χ2n) is 2.88. The maximum Gasteiger partial charge on any atom is 0.334 e. The molecule has 0 radical (unpaired) electrons. The van der Waals surface area contributed by atoms with Gasteiger partial charge in [-0.25, -0.2) is 4.79 Å². The molecule has 0 bridgehead atoms. The molecule has 0 aromatic heterocycles. The van der Waals surface area contributed by atoms with E-state index in [1.54, 1.807) is 0 Å². The molecule has 0 fully saturated rings. The molecule has 0 N–H and O–H groups in total. The van der Waals surface area contributed by atoms with Crippen LogP contribution in [0, 0.1) is 5.92 Å². The summed E-state index contributed by atoms with van der Waals surface area (Å²) in [5.74, 6) is 0.287. The van der Waals surface area contributed by atoms with Crippen LogP contribution in [-0.2, 0) is 9.53 Å². The van der Waals surface area contributed by atoms with Gasteiger partial charge in [0, 0.05) is 5.57 Å². The molecular formula is C8H12O2. The highest BCUT2D eigenvalue weighted by atomic mass is 16.5. The van der Waals surface area contributed by atoms with Gasteiger partial charge in [0.2, 0.25) is 0 Å². The van der Waals surface area contributed by atoms with Crippen molar-refractivity contribution in [1.29, 1.82) is 0 Å². The second-order valence-corrected chi connectivity index (χ2v) is 2.88. The third kappa shape index (κ3) is 1.06. The molecule has 10 heavy (non-hydrogen) atoms. The second kappa shape index (κ2) is 2.45. The molecule has 0 aromatic carbocycles. The molecule has 0 aromatic rings. The third-order valence-corrected chi connectivity index (χ3v) is 1.84. The largest absolute Gasteiger partial charge is 0.458 e. The normalized spacial score (nSPS) is 18.6. The molecule has 2 nitrogen and oxygen atoms in total. The SMILES string of the molecule is CC1=C(C(C)C)COC1=O. The summed E-state index contributed by atoms with van der Waals surface area (Å²) in [4.78, 5) is 10.8. The summed E-state index contributed by atoms with van der Waals surface area (Å²) < 4.78 is 4.83. The third-order valence-electron chi connectivity index (χ3n) is 1.84. The molecule has 56 valence electrons. The average Bonchev–Trinajstić information content (AvgIpc) is 2.14. The van der Waals surface area contributed by atoms with Gasteiger partial charge in [0.05, 0.1) is 0 Å². The van der Waals surface area contributed by atoms with E-state index in [0.29, 0.717) is 12.5 Å². The van der Waals surface area contributed by atoms with E-state index in [-0.39, 0.29) is 5.97 Å². The molecule has 1 heterocycles. The van der Waals surface area contributed by atoms with Crippen LogP contribution in [0.4, 0.5) is 0 Å². The summed E-state index contributed by atoms with van der Waals surface area (Å²) >= 11 is 0. The molecule has 0 aliphatic carbocycles. The van der Waals surface area contributed by atoms with Gasteiger partial charge in [-0.2, -0.15) is 0 Å². The molecular weight excluding hydrogens is 128 g/mol. The van der Waals surface area contributed by atoms with Crippen LogP contribution in [0.5, 0.6) is 0 Å². The standard InChI is InChI=1S/C8H12O2/c1-5(2)7-4-10-8(9)6(7)3/h5H,4H2,1-3H3. The fraction of sp³-hybridized carbons (Fsp3) is 0.625. The minimum atomic E-state index is -0.149. The number of cyclic esters (lactones) is 1. The van der Waals surface area contributed by atoms with Gasteiger partial charge in [0.15, 0.2) is 0 Å². The fourth-order valence-electron chi connectivity index (χ4n) is 1.09.